The highest BCUT2D eigenvalue weighted by Gasteiger charge is 2.35. The van der Waals surface area contributed by atoms with Crippen molar-refractivity contribution in [1.82, 2.24) is 10.2 Å². The van der Waals surface area contributed by atoms with Gasteiger partial charge in [0, 0.05) is 6.54 Å². The molecule has 0 bridgehead atoms. The zero-order valence-electron chi connectivity index (χ0n) is 14.5. The zero-order valence-corrected chi connectivity index (χ0v) is 14.5. The van der Waals surface area contributed by atoms with Crippen LogP contribution in [0, 0.1) is 17.2 Å². The summed E-state index contributed by atoms with van der Waals surface area (Å²) in [6.45, 7) is 9.44. The summed E-state index contributed by atoms with van der Waals surface area (Å²) in [6.07, 6.45) is 1.07. The molecule has 4 nitrogen and oxygen atoms in total. The Hall–Kier alpha value is -1.86. The average Bonchev–Trinajstić information content (AvgIpc) is 3.04. The molecule has 2 rings (SSSR count). The van der Waals surface area contributed by atoms with E-state index in [-0.39, 0.29) is 17.9 Å². The maximum atomic E-state index is 12.5. The minimum Gasteiger partial charge on any atom is -0.336 e. The molecule has 3 unspecified atom stereocenters. The van der Waals surface area contributed by atoms with Crippen LogP contribution in [-0.4, -0.2) is 35.5 Å². The molecule has 1 aromatic rings. The Bertz CT molecular complexity index is 578. The number of nitrogens with zero attached hydrogens (tertiary/aromatic N) is 2. The number of hydrogen-bond acceptors (Lipinski definition) is 3. The van der Waals surface area contributed by atoms with Gasteiger partial charge in [-0.1, -0.05) is 44.2 Å². The maximum Gasteiger partial charge on any atom is 0.238 e. The van der Waals surface area contributed by atoms with E-state index >= 15 is 0 Å². The molecule has 1 heterocycles. The van der Waals surface area contributed by atoms with Gasteiger partial charge in [0.2, 0.25) is 5.91 Å². The number of carbonyl (C=O) groups excluding carboxylic acids is 1. The standard InChI is InChI=1S/C19H27N3O/c1-14(2)19(4,13-20)21-18(23)15(3)22-11-10-17(12-22)16-8-6-5-7-9-16/h5-9,14-15,17H,10-12H2,1-4H3,(H,21,23). The summed E-state index contributed by atoms with van der Waals surface area (Å²) in [7, 11) is 0. The van der Waals surface area contributed by atoms with Crippen LogP contribution in [0.2, 0.25) is 0 Å². The van der Waals surface area contributed by atoms with Crippen molar-refractivity contribution in [3.05, 3.63) is 35.9 Å². The Labute approximate surface area is 139 Å². The van der Waals surface area contributed by atoms with Gasteiger partial charge in [0.25, 0.3) is 0 Å². The van der Waals surface area contributed by atoms with Gasteiger partial charge in [-0.2, -0.15) is 5.26 Å². The van der Waals surface area contributed by atoms with Crippen LogP contribution in [-0.2, 0) is 4.79 Å². The lowest BCUT2D eigenvalue weighted by Gasteiger charge is -2.31. The van der Waals surface area contributed by atoms with E-state index in [4.69, 9.17) is 0 Å². The van der Waals surface area contributed by atoms with E-state index in [1.165, 1.54) is 5.56 Å². The fourth-order valence-corrected chi connectivity index (χ4v) is 2.96. The van der Waals surface area contributed by atoms with E-state index in [1.54, 1.807) is 6.92 Å². The fourth-order valence-electron chi connectivity index (χ4n) is 2.96. The molecule has 1 N–H and O–H groups in total. The topological polar surface area (TPSA) is 56.1 Å². The second-order valence-corrected chi connectivity index (χ2v) is 7.03. The monoisotopic (exact) mass is 313 g/mol. The van der Waals surface area contributed by atoms with Crippen molar-refractivity contribution < 1.29 is 4.79 Å². The van der Waals surface area contributed by atoms with Crippen molar-refractivity contribution >= 4 is 5.91 Å². The van der Waals surface area contributed by atoms with Gasteiger partial charge in [-0.25, -0.2) is 0 Å². The molecule has 23 heavy (non-hydrogen) atoms. The number of carbonyl (C=O) groups is 1. The number of nitriles is 1. The summed E-state index contributed by atoms with van der Waals surface area (Å²) in [5, 5.41) is 12.3. The van der Waals surface area contributed by atoms with Gasteiger partial charge in [-0.05, 0) is 44.2 Å². The molecule has 0 radical (unpaired) electrons. The quantitative estimate of drug-likeness (QED) is 0.909. The number of benzene rings is 1. The Kier molecular flexibility index (Phi) is 5.43. The molecule has 1 amide bonds. The van der Waals surface area contributed by atoms with E-state index in [0.717, 1.165) is 19.5 Å². The van der Waals surface area contributed by atoms with Crippen LogP contribution in [0.15, 0.2) is 30.3 Å². The van der Waals surface area contributed by atoms with Crippen molar-refractivity contribution in [2.75, 3.05) is 13.1 Å². The fraction of sp³-hybridized carbons (Fsp3) is 0.579. The van der Waals surface area contributed by atoms with Crippen LogP contribution in [0.4, 0.5) is 0 Å². The molecule has 0 spiro atoms. The minimum atomic E-state index is -0.816. The predicted molar refractivity (Wildman–Crippen MR) is 91.8 cm³/mol. The summed E-state index contributed by atoms with van der Waals surface area (Å²) >= 11 is 0. The summed E-state index contributed by atoms with van der Waals surface area (Å²) in [6, 6.07) is 12.5. The van der Waals surface area contributed by atoms with Gasteiger partial charge >= 0.3 is 0 Å². The number of likely N-dealkylation sites (tertiary alicyclic amines) is 1. The molecule has 1 fully saturated rings. The highest BCUT2D eigenvalue weighted by Crippen LogP contribution is 2.28. The van der Waals surface area contributed by atoms with E-state index in [2.05, 4.69) is 40.6 Å². The lowest BCUT2D eigenvalue weighted by atomic mass is 9.90. The van der Waals surface area contributed by atoms with Crippen LogP contribution >= 0.6 is 0 Å². The first-order chi connectivity index (χ1) is 10.9. The minimum absolute atomic E-state index is 0.0588. The molecule has 1 aliphatic rings. The van der Waals surface area contributed by atoms with E-state index in [0.29, 0.717) is 5.92 Å². The molecule has 0 saturated carbocycles. The predicted octanol–water partition coefficient (Wildman–Crippen LogP) is 2.92. The Morgan fingerprint density at radius 3 is 2.57 bits per heavy atom. The average molecular weight is 313 g/mol. The summed E-state index contributed by atoms with van der Waals surface area (Å²) in [4.78, 5) is 14.8. The number of rotatable bonds is 5. The second-order valence-electron chi connectivity index (χ2n) is 7.03. The third-order valence-corrected chi connectivity index (χ3v) is 5.19. The maximum absolute atomic E-state index is 12.5. The molecule has 1 aromatic carbocycles. The largest absolute Gasteiger partial charge is 0.336 e. The zero-order chi connectivity index (χ0) is 17.0. The van der Waals surface area contributed by atoms with Gasteiger partial charge in [0.1, 0.15) is 5.54 Å². The van der Waals surface area contributed by atoms with Gasteiger partial charge < -0.3 is 5.32 Å². The molecular formula is C19H27N3O. The Balaban J connectivity index is 1.98. The molecule has 1 saturated heterocycles. The first-order valence-electron chi connectivity index (χ1n) is 8.39. The van der Waals surface area contributed by atoms with Gasteiger partial charge in [0.05, 0.1) is 12.1 Å². The van der Waals surface area contributed by atoms with Gasteiger partial charge in [0.15, 0.2) is 0 Å². The number of hydrogen-bond donors (Lipinski definition) is 1. The second kappa shape index (κ2) is 7.14. The molecule has 3 atom stereocenters. The summed E-state index contributed by atoms with van der Waals surface area (Å²) < 4.78 is 0. The third-order valence-electron chi connectivity index (χ3n) is 5.19. The van der Waals surface area contributed by atoms with Crippen LogP contribution in [0.25, 0.3) is 0 Å². The normalized spacial score (nSPS) is 22.3. The van der Waals surface area contributed by atoms with Gasteiger partial charge in [-0.15, -0.1) is 0 Å². The van der Waals surface area contributed by atoms with Crippen LogP contribution in [0.3, 0.4) is 0 Å². The van der Waals surface area contributed by atoms with Crippen molar-refractivity contribution in [1.29, 1.82) is 5.26 Å². The molecule has 0 aromatic heterocycles. The SMILES string of the molecule is CC(C(=O)NC(C)(C#N)C(C)C)N1CCC(c2ccccc2)C1. The van der Waals surface area contributed by atoms with Crippen molar-refractivity contribution in [3.63, 3.8) is 0 Å². The van der Waals surface area contributed by atoms with Crippen molar-refractivity contribution in [2.24, 2.45) is 5.92 Å². The smallest absolute Gasteiger partial charge is 0.238 e. The Morgan fingerprint density at radius 2 is 2.00 bits per heavy atom. The lowest BCUT2D eigenvalue weighted by Crippen LogP contribution is -2.54. The van der Waals surface area contributed by atoms with Crippen LogP contribution in [0.1, 0.15) is 45.6 Å². The van der Waals surface area contributed by atoms with E-state index in [1.807, 2.05) is 26.8 Å². The highest BCUT2D eigenvalue weighted by atomic mass is 16.2. The molecule has 4 heteroatoms. The Morgan fingerprint density at radius 1 is 1.35 bits per heavy atom. The third kappa shape index (κ3) is 3.92. The van der Waals surface area contributed by atoms with Crippen LogP contribution in [0.5, 0.6) is 0 Å². The molecular weight excluding hydrogens is 286 g/mol. The van der Waals surface area contributed by atoms with Crippen molar-refractivity contribution in [2.45, 2.75) is 51.6 Å². The van der Waals surface area contributed by atoms with Crippen LogP contribution < -0.4 is 5.32 Å². The summed E-state index contributed by atoms with van der Waals surface area (Å²) in [5.74, 6) is 0.495. The van der Waals surface area contributed by atoms with Gasteiger partial charge in [-0.3, -0.25) is 9.69 Å². The lowest BCUT2D eigenvalue weighted by molar-refractivity contribution is -0.127. The van der Waals surface area contributed by atoms with Crippen molar-refractivity contribution in [3.8, 4) is 6.07 Å². The van der Waals surface area contributed by atoms with E-state index < -0.39 is 5.54 Å². The molecule has 0 aliphatic carbocycles. The first-order valence-corrected chi connectivity index (χ1v) is 8.39. The van der Waals surface area contributed by atoms with E-state index in [9.17, 15) is 10.1 Å². The summed E-state index contributed by atoms with van der Waals surface area (Å²) in [5.41, 5.74) is 0.524. The molecule has 1 aliphatic heterocycles. The first kappa shape index (κ1) is 17.5. The number of amides is 1. The number of nitrogens with one attached hydrogen (secondary N) is 1. The highest BCUT2D eigenvalue weighted by molar-refractivity contribution is 5.82. The molecule has 124 valence electrons.